The van der Waals surface area contributed by atoms with Crippen molar-refractivity contribution in [1.29, 1.82) is 0 Å². The average molecular weight is 252 g/mol. The maximum Gasteiger partial charge on any atom is 0.282 e. The Labute approximate surface area is 99.7 Å². The smallest absolute Gasteiger partial charge is 0.282 e. The van der Waals surface area contributed by atoms with Crippen molar-refractivity contribution in [3.8, 4) is 5.75 Å². The van der Waals surface area contributed by atoms with Gasteiger partial charge in [0.2, 0.25) is 0 Å². The Morgan fingerprint density at radius 2 is 2.00 bits per heavy atom. The van der Waals surface area contributed by atoms with Gasteiger partial charge < -0.3 is 4.74 Å². The van der Waals surface area contributed by atoms with Gasteiger partial charge in [-0.25, -0.2) is 0 Å². The standard InChI is InChI=1S/C11H12N2O3S/c1-2-16-10-4-6-11(7-5-10)17(14,15)13-9-3-8-12-13/h3-9H,2H2,1H3. The summed E-state index contributed by atoms with van der Waals surface area (Å²) in [7, 11) is -3.58. The third-order valence-corrected chi connectivity index (χ3v) is 3.74. The van der Waals surface area contributed by atoms with Crippen LogP contribution in [0.4, 0.5) is 0 Å². The predicted molar refractivity (Wildman–Crippen MR) is 62.4 cm³/mol. The van der Waals surface area contributed by atoms with Crippen LogP contribution in [-0.4, -0.2) is 24.2 Å². The van der Waals surface area contributed by atoms with Crippen molar-refractivity contribution in [2.75, 3.05) is 6.61 Å². The fourth-order valence-corrected chi connectivity index (χ4v) is 2.48. The topological polar surface area (TPSA) is 61.2 Å². The van der Waals surface area contributed by atoms with E-state index in [-0.39, 0.29) is 4.90 Å². The lowest BCUT2D eigenvalue weighted by Gasteiger charge is -2.06. The Balaban J connectivity index is 2.35. The number of hydrogen-bond acceptors (Lipinski definition) is 4. The molecule has 2 rings (SSSR count). The zero-order valence-electron chi connectivity index (χ0n) is 9.28. The van der Waals surface area contributed by atoms with Gasteiger partial charge in [0.25, 0.3) is 10.0 Å². The van der Waals surface area contributed by atoms with E-state index in [1.807, 2.05) is 6.92 Å². The minimum atomic E-state index is -3.58. The van der Waals surface area contributed by atoms with Gasteiger partial charge in [0, 0.05) is 6.20 Å². The number of rotatable bonds is 4. The molecular formula is C11H12N2O3S. The minimum absolute atomic E-state index is 0.185. The van der Waals surface area contributed by atoms with E-state index in [9.17, 15) is 8.42 Å². The molecule has 0 aliphatic carbocycles. The monoisotopic (exact) mass is 252 g/mol. The molecule has 1 aromatic carbocycles. The predicted octanol–water partition coefficient (Wildman–Crippen LogP) is 1.52. The van der Waals surface area contributed by atoms with Gasteiger partial charge in [-0.05, 0) is 37.3 Å². The Hall–Kier alpha value is -1.82. The van der Waals surface area contributed by atoms with E-state index in [1.165, 1.54) is 24.5 Å². The van der Waals surface area contributed by atoms with E-state index < -0.39 is 10.0 Å². The summed E-state index contributed by atoms with van der Waals surface area (Å²) in [5, 5.41) is 3.72. The van der Waals surface area contributed by atoms with E-state index in [0.29, 0.717) is 12.4 Å². The van der Waals surface area contributed by atoms with Crippen LogP contribution in [-0.2, 0) is 10.0 Å². The molecule has 0 spiro atoms. The van der Waals surface area contributed by atoms with Crippen LogP contribution in [0.2, 0.25) is 0 Å². The zero-order valence-corrected chi connectivity index (χ0v) is 10.1. The second-order valence-corrected chi connectivity index (χ2v) is 5.08. The lowest BCUT2D eigenvalue weighted by Crippen LogP contribution is -2.13. The molecule has 0 bridgehead atoms. The van der Waals surface area contributed by atoms with Crippen LogP contribution in [0.15, 0.2) is 47.6 Å². The van der Waals surface area contributed by atoms with Crippen LogP contribution >= 0.6 is 0 Å². The van der Waals surface area contributed by atoms with Gasteiger partial charge in [-0.3, -0.25) is 0 Å². The largest absolute Gasteiger partial charge is 0.494 e. The molecule has 1 aromatic heterocycles. The highest BCUT2D eigenvalue weighted by atomic mass is 32.2. The van der Waals surface area contributed by atoms with Crippen LogP contribution in [0.3, 0.4) is 0 Å². The molecule has 0 aliphatic heterocycles. The number of hydrogen-bond donors (Lipinski definition) is 0. The van der Waals surface area contributed by atoms with Crippen molar-refractivity contribution < 1.29 is 13.2 Å². The Morgan fingerprint density at radius 3 is 2.53 bits per heavy atom. The fourth-order valence-electron chi connectivity index (χ4n) is 1.38. The number of aromatic nitrogens is 2. The summed E-state index contributed by atoms with van der Waals surface area (Å²) in [4.78, 5) is 0.185. The highest BCUT2D eigenvalue weighted by molar-refractivity contribution is 7.89. The van der Waals surface area contributed by atoms with Gasteiger partial charge >= 0.3 is 0 Å². The van der Waals surface area contributed by atoms with Gasteiger partial charge in [0.1, 0.15) is 5.75 Å². The van der Waals surface area contributed by atoms with Gasteiger partial charge in [-0.1, -0.05) is 0 Å². The van der Waals surface area contributed by atoms with Gasteiger partial charge in [0.05, 0.1) is 17.7 Å². The summed E-state index contributed by atoms with van der Waals surface area (Å²) < 4.78 is 30.2. The van der Waals surface area contributed by atoms with Crippen molar-refractivity contribution in [2.24, 2.45) is 0 Å². The second kappa shape index (κ2) is 4.58. The van der Waals surface area contributed by atoms with E-state index in [4.69, 9.17) is 4.74 Å². The summed E-state index contributed by atoms with van der Waals surface area (Å²) in [6.45, 7) is 2.42. The Morgan fingerprint density at radius 1 is 1.29 bits per heavy atom. The van der Waals surface area contributed by atoms with E-state index >= 15 is 0 Å². The van der Waals surface area contributed by atoms with Crippen molar-refractivity contribution in [3.05, 3.63) is 42.7 Å². The molecule has 0 amide bonds. The van der Waals surface area contributed by atoms with E-state index in [0.717, 1.165) is 4.09 Å². The number of ether oxygens (including phenoxy) is 1. The maximum absolute atomic E-state index is 12.0. The molecule has 0 saturated heterocycles. The van der Waals surface area contributed by atoms with Gasteiger partial charge in [0.15, 0.2) is 0 Å². The molecule has 0 unspecified atom stereocenters. The lowest BCUT2D eigenvalue weighted by atomic mass is 10.3. The van der Waals surface area contributed by atoms with Gasteiger partial charge in [-0.2, -0.15) is 17.6 Å². The molecule has 90 valence electrons. The first-order chi connectivity index (χ1) is 8.14. The summed E-state index contributed by atoms with van der Waals surface area (Å²) in [6.07, 6.45) is 2.82. The van der Waals surface area contributed by atoms with Gasteiger partial charge in [-0.15, -0.1) is 0 Å². The third-order valence-electron chi connectivity index (χ3n) is 2.16. The zero-order chi connectivity index (χ0) is 12.3. The second-order valence-electron chi connectivity index (χ2n) is 3.29. The highest BCUT2D eigenvalue weighted by Crippen LogP contribution is 2.17. The van der Waals surface area contributed by atoms with Crippen LogP contribution in [0.25, 0.3) is 0 Å². The molecule has 1 heterocycles. The van der Waals surface area contributed by atoms with Crippen LogP contribution in [0.5, 0.6) is 5.75 Å². The molecule has 0 fully saturated rings. The van der Waals surface area contributed by atoms with Crippen molar-refractivity contribution >= 4 is 10.0 Å². The maximum atomic E-state index is 12.0. The molecule has 0 saturated carbocycles. The molecule has 0 N–H and O–H groups in total. The van der Waals surface area contributed by atoms with Crippen LogP contribution < -0.4 is 4.74 Å². The Bertz CT molecular complexity index is 574. The molecule has 0 aliphatic rings. The molecule has 17 heavy (non-hydrogen) atoms. The highest BCUT2D eigenvalue weighted by Gasteiger charge is 2.16. The Kier molecular flexibility index (Phi) is 3.14. The van der Waals surface area contributed by atoms with E-state index in [1.54, 1.807) is 18.2 Å². The first kappa shape index (κ1) is 11.7. The number of benzene rings is 1. The van der Waals surface area contributed by atoms with Crippen molar-refractivity contribution in [2.45, 2.75) is 11.8 Å². The van der Waals surface area contributed by atoms with Crippen molar-refractivity contribution in [1.82, 2.24) is 9.19 Å². The van der Waals surface area contributed by atoms with Crippen LogP contribution in [0.1, 0.15) is 6.92 Å². The normalized spacial score (nSPS) is 11.4. The quantitative estimate of drug-likeness (QED) is 0.827. The fraction of sp³-hybridized carbons (Fsp3) is 0.182. The molecule has 0 radical (unpaired) electrons. The summed E-state index contributed by atoms with van der Waals surface area (Å²) in [5.41, 5.74) is 0. The minimum Gasteiger partial charge on any atom is -0.494 e. The third kappa shape index (κ3) is 2.31. The molecule has 6 heteroatoms. The average Bonchev–Trinajstić information content (AvgIpc) is 2.84. The molecule has 2 aromatic rings. The van der Waals surface area contributed by atoms with Crippen LogP contribution in [0, 0.1) is 0 Å². The SMILES string of the molecule is CCOc1ccc(S(=O)(=O)n2cccn2)cc1. The number of nitrogens with zero attached hydrogens (tertiary/aromatic N) is 2. The molecule has 0 atom stereocenters. The summed E-state index contributed by atoms with van der Waals surface area (Å²) in [5.74, 6) is 0.645. The lowest BCUT2D eigenvalue weighted by molar-refractivity contribution is 0.340. The summed E-state index contributed by atoms with van der Waals surface area (Å²) >= 11 is 0. The first-order valence-electron chi connectivity index (χ1n) is 5.12. The molecule has 5 nitrogen and oxygen atoms in total. The molecular weight excluding hydrogens is 240 g/mol. The first-order valence-corrected chi connectivity index (χ1v) is 6.56. The van der Waals surface area contributed by atoms with Crippen molar-refractivity contribution in [3.63, 3.8) is 0 Å². The summed E-state index contributed by atoms with van der Waals surface area (Å²) in [6, 6.07) is 7.82. The van der Waals surface area contributed by atoms with E-state index in [2.05, 4.69) is 5.10 Å².